The molecule has 0 unspecified atom stereocenters. The Balaban J connectivity index is -0.000000283. The minimum absolute atomic E-state index is 0.0258. The molecule has 0 radical (unpaired) electrons. The van der Waals surface area contributed by atoms with E-state index >= 15 is 0 Å². The fourth-order valence-electron chi connectivity index (χ4n) is 2.84. The first-order valence-electron chi connectivity index (χ1n) is 14.3. The molecule has 0 heterocycles. The lowest BCUT2D eigenvalue weighted by Gasteiger charge is -2.25. The van der Waals surface area contributed by atoms with Crippen LogP contribution in [0.1, 0.15) is 13.8 Å². The number of amides is 1. The molecule has 24 heteroatoms. The van der Waals surface area contributed by atoms with Crippen molar-refractivity contribution in [1.29, 1.82) is 0 Å². The van der Waals surface area contributed by atoms with E-state index in [0.717, 1.165) is 0 Å². The Kier molecular flexibility index (Phi) is 32.6. The van der Waals surface area contributed by atoms with Crippen molar-refractivity contribution in [3.05, 3.63) is 0 Å². The van der Waals surface area contributed by atoms with Gasteiger partial charge in [0, 0.05) is 6.92 Å². The van der Waals surface area contributed by atoms with Gasteiger partial charge in [0.05, 0.1) is 44.1 Å². The first-order chi connectivity index (χ1) is 23.0. The minimum Gasteiger partial charge on any atom is -0.394 e. The molecule has 0 aliphatic heterocycles. The average Bonchev–Trinajstić information content (AvgIpc) is 3.12. The zero-order chi connectivity index (χ0) is 40.5. The van der Waals surface area contributed by atoms with Crippen LogP contribution in [-0.2, 0) is 24.0 Å². The van der Waals surface area contributed by atoms with Crippen LogP contribution in [-0.4, -0.2) is 230 Å². The van der Waals surface area contributed by atoms with Gasteiger partial charge in [-0.2, -0.15) is 0 Å². The van der Waals surface area contributed by atoms with E-state index in [9.17, 15) is 29.1 Å². The molecule has 50 heavy (non-hydrogen) atoms. The number of nitrogens with one attached hydrogen (secondary N) is 1. The van der Waals surface area contributed by atoms with E-state index in [1.165, 1.54) is 13.8 Å². The highest BCUT2D eigenvalue weighted by molar-refractivity contribution is 5.77. The fraction of sp³-hybridized carbons (Fsp3) is 0.808. The number of carbonyl (C=O) groups excluding carboxylic acids is 5. The number of aliphatic hydroxyl groups excluding tert-OH is 16. The molecule has 0 saturated heterocycles. The summed E-state index contributed by atoms with van der Waals surface area (Å²) in [5, 5.41) is 143. The fourth-order valence-corrected chi connectivity index (χ4v) is 2.84. The SMILES string of the molecule is CC(=O)N[C@@H](C=O)[C@@H](O)[C@@H](N)[C@@H](C)O.N[C@@H](C=O)[C@@H](O)[C@@H](O)[C@H](O)CO.O=C[C@H](O)[C@@H](O)[C@@H](O)[C@H](O)CO.O=C[C@H](O)[C@@H](O)[C@H](O)[C@H](O)CO. The van der Waals surface area contributed by atoms with Gasteiger partial charge in [0.1, 0.15) is 85.8 Å². The lowest BCUT2D eigenvalue weighted by atomic mass is 10.0. The Morgan fingerprint density at radius 2 is 0.860 bits per heavy atom. The van der Waals surface area contributed by atoms with Gasteiger partial charge in [0.25, 0.3) is 0 Å². The Hall–Kier alpha value is -2.57. The molecular weight excluding hydrogens is 690 g/mol. The largest absolute Gasteiger partial charge is 0.394 e. The second-order valence-corrected chi connectivity index (χ2v) is 10.3. The van der Waals surface area contributed by atoms with Crippen LogP contribution < -0.4 is 16.8 Å². The average molecular weight is 744 g/mol. The van der Waals surface area contributed by atoms with Gasteiger partial charge in [-0.15, -0.1) is 0 Å². The molecule has 0 saturated carbocycles. The highest BCUT2D eigenvalue weighted by atomic mass is 16.4. The summed E-state index contributed by atoms with van der Waals surface area (Å²) in [5.74, 6) is -0.445. The number of hydrogen-bond acceptors (Lipinski definition) is 23. The van der Waals surface area contributed by atoms with E-state index in [2.05, 4.69) is 5.32 Å². The highest BCUT2D eigenvalue weighted by Crippen LogP contribution is 2.05. The van der Waals surface area contributed by atoms with Gasteiger partial charge in [-0.25, -0.2) is 0 Å². The smallest absolute Gasteiger partial charge is 0.217 e. The van der Waals surface area contributed by atoms with Crippen LogP contribution >= 0.6 is 0 Å². The lowest BCUT2D eigenvalue weighted by Crippen LogP contribution is -2.55. The lowest BCUT2D eigenvalue weighted by molar-refractivity contribution is -0.136. The van der Waals surface area contributed by atoms with Crippen molar-refractivity contribution in [2.75, 3.05) is 19.8 Å². The molecule has 1 amide bonds. The monoisotopic (exact) mass is 743 g/mol. The van der Waals surface area contributed by atoms with Crippen LogP contribution in [0.2, 0.25) is 0 Å². The summed E-state index contributed by atoms with van der Waals surface area (Å²) in [6.45, 7) is 0.387. The number of aliphatic hydroxyl groups is 16. The van der Waals surface area contributed by atoms with Gasteiger partial charge in [-0.1, -0.05) is 0 Å². The van der Waals surface area contributed by atoms with Gasteiger partial charge in [-0.05, 0) is 6.92 Å². The summed E-state index contributed by atoms with van der Waals surface area (Å²) in [6.07, 6.45) is -20.0. The molecule has 0 aliphatic carbocycles. The molecule has 0 aromatic rings. The van der Waals surface area contributed by atoms with Gasteiger partial charge >= 0.3 is 0 Å². The molecular formula is C26H53N3O21. The topological polar surface area (TPSA) is 473 Å². The van der Waals surface area contributed by atoms with Crippen LogP contribution in [0.25, 0.3) is 0 Å². The van der Waals surface area contributed by atoms with Crippen molar-refractivity contribution in [3.63, 3.8) is 0 Å². The standard InChI is InChI=1S/C8H16N2O4.C6H13NO5.2C6H12O6/c1-4(12)7(9)8(14)6(3-11)10-5(2)13;7-3(1-8)5(11)6(12)4(10)2-9;2*7-1-3(9)5(11)6(12)4(10)2-8/h3-4,6-8,12,14H,9H2,1-2H3,(H,10,13);1,3-6,9-12H,2,7H2;2*1,3-6,8-12H,2H2/t4-,6+,7+,8-;3-,4+,5+,6-;3-,4+,5+,6+;3-,4+,5+,6-/m1000/s1. The van der Waals surface area contributed by atoms with Gasteiger partial charge in [-0.3, -0.25) is 4.79 Å². The summed E-state index contributed by atoms with van der Waals surface area (Å²) >= 11 is 0. The summed E-state index contributed by atoms with van der Waals surface area (Å²) in [6, 6.07) is -3.32. The second kappa shape index (κ2) is 30.1. The van der Waals surface area contributed by atoms with E-state index in [1.807, 2.05) is 0 Å². The third-order valence-corrected chi connectivity index (χ3v) is 6.16. The first kappa shape index (κ1) is 54.2. The van der Waals surface area contributed by atoms with E-state index in [-0.39, 0.29) is 18.9 Å². The van der Waals surface area contributed by atoms with Crippen molar-refractivity contribution in [3.8, 4) is 0 Å². The molecule has 24 nitrogen and oxygen atoms in total. The Bertz CT molecular complexity index is 831. The van der Waals surface area contributed by atoms with E-state index in [1.54, 1.807) is 0 Å². The third-order valence-electron chi connectivity index (χ3n) is 6.16. The molecule has 0 fully saturated rings. The van der Waals surface area contributed by atoms with Crippen molar-refractivity contribution in [2.45, 2.75) is 111 Å². The van der Waals surface area contributed by atoms with Gasteiger partial charge in [0.2, 0.25) is 5.91 Å². The van der Waals surface area contributed by atoms with Crippen molar-refractivity contribution in [2.24, 2.45) is 11.5 Å². The normalized spacial score (nSPS) is 20.6. The molecule has 0 rings (SSSR count). The molecule has 16 atom stereocenters. The molecule has 298 valence electrons. The quantitative estimate of drug-likeness (QED) is 0.0515. The Morgan fingerprint density at radius 1 is 0.540 bits per heavy atom. The zero-order valence-electron chi connectivity index (χ0n) is 27.0. The molecule has 0 bridgehead atoms. The predicted octanol–water partition coefficient (Wildman–Crippen LogP) is -12.4. The summed E-state index contributed by atoms with van der Waals surface area (Å²) in [4.78, 5) is 50.9. The minimum atomic E-state index is -1.79. The maximum atomic E-state index is 10.6. The molecule has 0 spiro atoms. The molecule has 0 aliphatic rings. The van der Waals surface area contributed by atoms with Crippen molar-refractivity contribution in [1.82, 2.24) is 5.32 Å². The molecule has 0 aromatic heterocycles. The van der Waals surface area contributed by atoms with Crippen molar-refractivity contribution < 1.29 is 106 Å². The molecule has 21 N–H and O–H groups in total. The Morgan fingerprint density at radius 3 is 1.08 bits per heavy atom. The first-order valence-corrected chi connectivity index (χ1v) is 14.3. The van der Waals surface area contributed by atoms with Crippen LogP contribution in [0.4, 0.5) is 0 Å². The number of nitrogens with two attached hydrogens (primary N) is 2. The summed E-state index contributed by atoms with van der Waals surface area (Å²) < 4.78 is 0. The van der Waals surface area contributed by atoms with Crippen LogP contribution in [0.3, 0.4) is 0 Å². The molecule has 0 aromatic carbocycles. The van der Waals surface area contributed by atoms with E-state index in [4.69, 9.17) is 88.1 Å². The van der Waals surface area contributed by atoms with E-state index in [0.29, 0.717) is 6.29 Å². The van der Waals surface area contributed by atoms with Crippen LogP contribution in [0.15, 0.2) is 0 Å². The van der Waals surface area contributed by atoms with Gasteiger partial charge < -0.3 is 118 Å². The zero-order valence-corrected chi connectivity index (χ0v) is 27.0. The Labute approximate surface area is 285 Å². The van der Waals surface area contributed by atoms with E-state index < -0.39 is 123 Å². The highest BCUT2D eigenvalue weighted by Gasteiger charge is 2.31. The number of carbonyl (C=O) groups is 5. The number of hydrogen-bond donors (Lipinski definition) is 19. The maximum Gasteiger partial charge on any atom is 0.217 e. The third kappa shape index (κ3) is 22.3. The van der Waals surface area contributed by atoms with Gasteiger partial charge in [0.15, 0.2) is 12.6 Å². The van der Waals surface area contributed by atoms with Crippen LogP contribution in [0, 0.1) is 0 Å². The number of aldehydes is 4. The number of rotatable bonds is 20. The van der Waals surface area contributed by atoms with Crippen molar-refractivity contribution >= 4 is 31.1 Å². The summed E-state index contributed by atoms with van der Waals surface area (Å²) in [5.41, 5.74) is 10.4. The summed E-state index contributed by atoms with van der Waals surface area (Å²) in [7, 11) is 0. The van der Waals surface area contributed by atoms with Crippen LogP contribution in [0.5, 0.6) is 0 Å². The predicted molar refractivity (Wildman–Crippen MR) is 163 cm³/mol. The maximum absolute atomic E-state index is 10.6. The second-order valence-electron chi connectivity index (χ2n) is 10.3.